The largest absolute Gasteiger partial charge is 0.344 e. The van der Waals surface area contributed by atoms with Gasteiger partial charge in [0.25, 0.3) is 5.91 Å². The Morgan fingerprint density at radius 2 is 2.06 bits per heavy atom. The second kappa shape index (κ2) is 7.63. The van der Waals surface area contributed by atoms with Crippen molar-refractivity contribution in [2.24, 2.45) is 12.8 Å². The van der Waals surface area contributed by atoms with Gasteiger partial charge in [-0.05, 0) is 37.3 Å². The van der Waals surface area contributed by atoms with Crippen LogP contribution in [0.2, 0.25) is 0 Å². The number of nitrogens with one attached hydrogen (secondary N) is 2. The highest BCUT2D eigenvalue weighted by molar-refractivity contribution is 6.06. The van der Waals surface area contributed by atoms with Gasteiger partial charge in [-0.3, -0.25) is 14.3 Å². The maximum absolute atomic E-state index is 13.0. The molecule has 1 aromatic carbocycles. The number of rotatable bonds is 5. The lowest BCUT2D eigenvalue weighted by Crippen LogP contribution is -2.61. The number of carbonyl (C=O) groups is 2. The predicted molar refractivity (Wildman–Crippen MR) is 127 cm³/mol. The van der Waals surface area contributed by atoms with Gasteiger partial charge >= 0.3 is 0 Å². The van der Waals surface area contributed by atoms with Crippen molar-refractivity contribution in [1.29, 1.82) is 0 Å². The van der Waals surface area contributed by atoms with Crippen molar-refractivity contribution in [1.82, 2.24) is 34.9 Å². The zero-order valence-corrected chi connectivity index (χ0v) is 19.1. The Morgan fingerprint density at radius 1 is 1.26 bits per heavy atom. The van der Waals surface area contributed by atoms with Gasteiger partial charge in [0, 0.05) is 37.8 Å². The quantitative estimate of drug-likeness (QED) is 0.416. The highest BCUT2D eigenvalue weighted by atomic mass is 16.2. The van der Waals surface area contributed by atoms with Gasteiger partial charge in [-0.25, -0.2) is 9.97 Å². The summed E-state index contributed by atoms with van der Waals surface area (Å²) >= 11 is 0. The van der Waals surface area contributed by atoms with Gasteiger partial charge in [0.1, 0.15) is 22.9 Å². The highest BCUT2D eigenvalue weighted by Crippen LogP contribution is 2.41. The molecule has 2 aliphatic rings. The number of aryl methyl sites for hydroxylation is 1. The van der Waals surface area contributed by atoms with Gasteiger partial charge in [-0.15, -0.1) is 0 Å². The molecule has 0 unspecified atom stereocenters. The van der Waals surface area contributed by atoms with Crippen LogP contribution in [-0.4, -0.2) is 66.6 Å². The van der Waals surface area contributed by atoms with E-state index in [0.717, 1.165) is 16.6 Å². The molecule has 1 aliphatic heterocycles. The summed E-state index contributed by atoms with van der Waals surface area (Å²) in [5.41, 5.74) is 10.7. The summed E-state index contributed by atoms with van der Waals surface area (Å²) < 4.78 is 1.86. The Bertz CT molecular complexity index is 1440. The molecular formula is C24H26N8O2. The second-order valence-electron chi connectivity index (χ2n) is 9.38. The highest BCUT2D eigenvalue weighted by Gasteiger charge is 2.32. The number of amides is 2. The van der Waals surface area contributed by atoms with Crippen LogP contribution in [0, 0.1) is 0 Å². The van der Waals surface area contributed by atoms with Crippen LogP contribution in [0.5, 0.6) is 0 Å². The molecule has 0 bridgehead atoms. The van der Waals surface area contributed by atoms with E-state index in [-0.39, 0.29) is 17.9 Å². The third-order valence-electron chi connectivity index (χ3n) is 6.73. The number of benzene rings is 1. The molecule has 10 nitrogen and oxygen atoms in total. The summed E-state index contributed by atoms with van der Waals surface area (Å²) in [4.78, 5) is 39.3. The van der Waals surface area contributed by atoms with E-state index in [2.05, 4.69) is 33.5 Å². The van der Waals surface area contributed by atoms with Crippen LogP contribution in [0.3, 0.4) is 0 Å². The minimum absolute atomic E-state index is 0.0112. The van der Waals surface area contributed by atoms with Crippen molar-refractivity contribution in [3.63, 3.8) is 0 Å². The molecule has 4 aromatic rings. The Hall–Kier alpha value is -3.79. The Balaban J connectivity index is 1.30. The SMILES string of the molecule is C[C@@H](NC(=O)c1c[nH]c2ncc(-c3nn(C)c4cc(C5CC5)ccc34)nc12)C(=O)N1CC(N)C1. The van der Waals surface area contributed by atoms with Crippen molar-refractivity contribution in [3.8, 4) is 11.4 Å². The number of aromatic amines is 1. The first kappa shape index (κ1) is 20.8. The van der Waals surface area contributed by atoms with Crippen molar-refractivity contribution in [2.75, 3.05) is 13.1 Å². The summed E-state index contributed by atoms with van der Waals surface area (Å²) in [6.07, 6.45) is 5.72. The number of nitrogens with zero attached hydrogens (tertiary/aromatic N) is 5. The summed E-state index contributed by atoms with van der Waals surface area (Å²) in [5.74, 6) is 0.127. The van der Waals surface area contributed by atoms with E-state index in [1.54, 1.807) is 24.2 Å². The lowest BCUT2D eigenvalue weighted by atomic mass is 10.1. The predicted octanol–water partition coefficient (Wildman–Crippen LogP) is 1.68. The van der Waals surface area contributed by atoms with Crippen molar-refractivity contribution in [3.05, 3.63) is 41.7 Å². The second-order valence-corrected chi connectivity index (χ2v) is 9.38. The average Bonchev–Trinajstić information content (AvgIpc) is 3.49. The van der Waals surface area contributed by atoms with E-state index >= 15 is 0 Å². The zero-order valence-electron chi connectivity index (χ0n) is 19.1. The van der Waals surface area contributed by atoms with Crippen LogP contribution < -0.4 is 11.1 Å². The van der Waals surface area contributed by atoms with E-state index in [4.69, 9.17) is 15.8 Å². The number of hydrogen-bond acceptors (Lipinski definition) is 6. The lowest BCUT2D eigenvalue weighted by molar-refractivity contribution is -0.137. The van der Waals surface area contributed by atoms with Crippen LogP contribution >= 0.6 is 0 Å². The first-order valence-corrected chi connectivity index (χ1v) is 11.6. The zero-order chi connectivity index (χ0) is 23.6. The molecule has 174 valence electrons. The fourth-order valence-corrected chi connectivity index (χ4v) is 4.62. The van der Waals surface area contributed by atoms with Crippen molar-refractivity contribution in [2.45, 2.75) is 37.8 Å². The van der Waals surface area contributed by atoms with Crippen molar-refractivity contribution < 1.29 is 9.59 Å². The Labute approximate surface area is 195 Å². The number of carbonyl (C=O) groups excluding carboxylic acids is 2. The normalized spacial score (nSPS) is 17.2. The third kappa shape index (κ3) is 3.41. The van der Waals surface area contributed by atoms with E-state index in [1.807, 2.05) is 11.7 Å². The fraction of sp³-hybridized carbons (Fsp3) is 0.375. The molecule has 4 N–H and O–H groups in total. The van der Waals surface area contributed by atoms with Gasteiger partial charge in [0.15, 0.2) is 5.65 Å². The molecule has 2 fully saturated rings. The topological polar surface area (TPSA) is 135 Å². The molecule has 4 heterocycles. The Kier molecular flexibility index (Phi) is 4.66. The maximum Gasteiger partial charge on any atom is 0.255 e. The molecule has 1 saturated carbocycles. The van der Waals surface area contributed by atoms with Crippen molar-refractivity contribution >= 4 is 33.9 Å². The summed E-state index contributed by atoms with van der Waals surface area (Å²) in [6.45, 7) is 2.70. The van der Waals surface area contributed by atoms with Gasteiger partial charge in [-0.1, -0.05) is 12.1 Å². The number of nitrogens with two attached hydrogens (primary N) is 1. The monoisotopic (exact) mass is 458 g/mol. The van der Waals surface area contributed by atoms with E-state index in [1.165, 1.54) is 18.4 Å². The molecule has 1 atom stereocenters. The molecule has 6 rings (SSSR count). The minimum atomic E-state index is -0.665. The van der Waals surface area contributed by atoms with E-state index in [0.29, 0.717) is 41.4 Å². The molecular weight excluding hydrogens is 432 g/mol. The molecule has 1 saturated heterocycles. The van der Waals surface area contributed by atoms with Gasteiger partial charge in [0.05, 0.1) is 17.3 Å². The Morgan fingerprint density at radius 3 is 2.79 bits per heavy atom. The van der Waals surface area contributed by atoms with Crippen LogP contribution in [0.4, 0.5) is 0 Å². The summed E-state index contributed by atoms with van der Waals surface area (Å²) in [7, 11) is 1.92. The summed E-state index contributed by atoms with van der Waals surface area (Å²) in [5, 5.41) is 8.47. The summed E-state index contributed by atoms with van der Waals surface area (Å²) in [6, 6.07) is 5.80. The van der Waals surface area contributed by atoms with Crippen LogP contribution in [-0.2, 0) is 11.8 Å². The number of fused-ring (bicyclic) bond motifs is 2. The van der Waals surface area contributed by atoms with Gasteiger partial charge in [-0.2, -0.15) is 5.10 Å². The third-order valence-corrected chi connectivity index (χ3v) is 6.73. The first-order valence-electron chi connectivity index (χ1n) is 11.6. The molecule has 0 spiro atoms. The minimum Gasteiger partial charge on any atom is -0.344 e. The average molecular weight is 459 g/mol. The van der Waals surface area contributed by atoms with Crippen LogP contribution in [0.15, 0.2) is 30.6 Å². The molecule has 1 aliphatic carbocycles. The fourth-order valence-electron chi connectivity index (χ4n) is 4.62. The molecule has 10 heteroatoms. The molecule has 3 aromatic heterocycles. The standard InChI is InChI=1S/C24H26N8O2/c1-12(24(34)32-10-15(25)11-32)28-23(33)17-8-26-22-21(17)29-18(9-27-22)20-16-6-5-14(13-3-4-13)7-19(16)31(2)30-20/h5-9,12-13,15H,3-4,10-11,25H2,1-2H3,(H,26,27)(H,28,33)/t12-/m1/s1. The molecule has 34 heavy (non-hydrogen) atoms. The molecule has 2 amide bonds. The van der Waals surface area contributed by atoms with E-state index < -0.39 is 6.04 Å². The number of hydrogen-bond donors (Lipinski definition) is 3. The maximum atomic E-state index is 13.0. The van der Waals surface area contributed by atoms with Gasteiger partial charge in [0.2, 0.25) is 5.91 Å². The number of likely N-dealkylation sites (tertiary alicyclic amines) is 1. The number of H-pyrrole nitrogens is 1. The van der Waals surface area contributed by atoms with Gasteiger partial charge < -0.3 is 20.9 Å². The lowest BCUT2D eigenvalue weighted by Gasteiger charge is -2.38. The smallest absolute Gasteiger partial charge is 0.255 e. The van der Waals surface area contributed by atoms with Crippen LogP contribution in [0.1, 0.15) is 41.6 Å². The van der Waals surface area contributed by atoms with E-state index in [9.17, 15) is 9.59 Å². The first-order chi connectivity index (χ1) is 16.4. The molecule has 0 radical (unpaired) electrons. The number of aromatic nitrogens is 5. The van der Waals surface area contributed by atoms with Crippen LogP contribution in [0.25, 0.3) is 33.5 Å².